The normalized spacial score (nSPS) is 35.3. The van der Waals surface area contributed by atoms with Gasteiger partial charge in [0.2, 0.25) is 0 Å². The number of hydrogen-bond donors (Lipinski definition) is 2. The van der Waals surface area contributed by atoms with E-state index in [1.165, 1.54) is 7.11 Å². The first-order chi connectivity index (χ1) is 9.13. The van der Waals surface area contributed by atoms with Crippen LogP contribution < -0.4 is 5.73 Å². The van der Waals surface area contributed by atoms with E-state index in [2.05, 4.69) is 0 Å². The molecule has 19 heavy (non-hydrogen) atoms. The van der Waals surface area contributed by atoms with Crippen LogP contribution in [0.3, 0.4) is 0 Å². The lowest BCUT2D eigenvalue weighted by molar-refractivity contribution is -0.269. The molecule has 0 unspecified atom stereocenters. The molecule has 1 heterocycles. The zero-order chi connectivity index (χ0) is 13.8. The van der Waals surface area contributed by atoms with Crippen LogP contribution in [0.15, 0.2) is 30.3 Å². The molecule has 1 aromatic carbocycles. The van der Waals surface area contributed by atoms with Gasteiger partial charge >= 0.3 is 0 Å². The van der Waals surface area contributed by atoms with Crippen molar-refractivity contribution in [3.8, 4) is 0 Å². The Morgan fingerprint density at radius 1 is 1.32 bits per heavy atom. The van der Waals surface area contributed by atoms with E-state index in [1.807, 2.05) is 37.3 Å². The summed E-state index contributed by atoms with van der Waals surface area (Å²) < 4.78 is 16.3. The average Bonchev–Trinajstić information content (AvgIpc) is 2.44. The molecule has 0 radical (unpaired) electrons. The number of aliphatic hydroxyl groups excluding tert-OH is 1. The van der Waals surface area contributed by atoms with Crippen LogP contribution in [0, 0.1) is 0 Å². The molecule has 1 saturated heterocycles. The first kappa shape index (κ1) is 14.4. The van der Waals surface area contributed by atoms with Gasteiger partial charge in [-0.1, -0.05) is 30.3 Å². The molecule has 0 aromatic heterocycles. The third-order valence-electron chi connectivity index (χ3n) is 3.40. The molecular formula is C14H21NO4. The van der Waals surface area contributed by atoms with Gasteiger partial charge in [0.1, 0.15) is 12.2 Å². The predicted molar refractivity (Wildman–Crippen MR) is 70.3 cm³/mol. The van der Waals surface area contributed by atoms with Crippen molar-refractivity contribution in [1.29, 1.82) is 0 Å². The van der Waals surface area contributed by atoms with Crippen molar-refractivity contribution in [2.75, 3.05) is 7.11 Å². The Morgan fingerprint density at radius 3 is 2.63 bits per heavy atom. The predicted octanol–water partition coefficient (Wildman–Crippen LogP) is 0.651. The second-order valence-electron chi connectivity index (χ2n) is 4.77. The molecule has 1 aromatic rings. The topological polar surface area (TPSA) is 73.9 Å². The van der Waals surface area contributed by atoms with Gasteiger partial charge in [0.25, 0.3) is 0 Å². The van der Waals surface area contributed by atoms with E-state index in [0.29, 0.717) is 6.61 Å². The van der Waals surface area contributed by atoms with Gasteiger partial charge in [0.05, 0.1) is 18.8 Å². The van der Waals surface area contributed by atoms with Crippen molar-refractivity contribution in [3.05, 3.63) is 35.9 Å². The molecule has 0 saturated carbocycles. The number of ether oxygens (including phenoxy) is 3. The van der Waals surface area contributed by atoms with Crippen molar-refractivity contribution in [3.63, 3.8) is 0 Å². The summed E-state index contributed by atoms with van der Waals surface area (Å²) in [5.74, 6) is 0. The van der Waals surface area contributed by atoms with Crippen molar-refractivity contribution < 1.29 is 19.3 Å². The second kappa shape index (κ2) is 6.45. The Balaban J connectivity index is 2.00. The van der Waals surface area contributed by atoms with Crippen LogP contribution in [0.1, 0.15) is 12.5 Å². The third-order valence-corrected chi connectivity index (χ3v) is 3.40. The smallest absolute Gasteiger partial charge is 0.186 e. The van der Waals surface area contributed by atoms with Crippen molar-refractivity contribution in [2.45, 2.75) is 44.2 Å². The molecule has 1 fully saturated rings. The summed E-state index contributed by atoms with van der Waals surface area (Å²) >= 11 is 0. The summed E-state index contributed by atoms with van der Waals surface area (Å²) in [6.45, 7) is 2.25. The highest BCUT2D eigenvalue weighted by Gasteiger charge is 2.42. The van der Waals surface area contributed by atoms with E-state index in [4.69, 9.17) is 19.9 Å². The van der Waals surface area contributed by atoms with Gasteiger partial charge in [0.15, 0.2) is 6.29 Å². The van der Waals surface area contributed by atoms with Crippen LogP contribution in [-0.4, -0.2) is 42.9 Å². The SMILES string of the molecule is CO[C@H]1O[C@H](C)[C@@H](N)[C@H](OCc2ccccc2)[C@@H]1O. The molecule has 0 aliphatic carbocycles. The Hall–Kier alpha value is -0.980. The lowest BCUT2D eigenvalue weighted by atomic mass is 9.97. The number of aliphatic hydroxyl groups is 1. The number of methoxy groups -OCH3 is 1. The molecule has 3 N–H and O–H groups in total. The number of benzene rings is 1. The monoisotopic (exact) mass is 267 g/mol. The van der Waals surface area contributed by atoms with E-state index >= 15 is 0 Å². The summed E-state index contributed by atoms with van der Waals surface area (Å²) in [6.07, 6.45) is -2.32. The molecule has 106 valence electrons. The van der Waals surface area contributed by atoms with Crippen LogP contribution in [0.5, 0.6) is 0 Å². The quantitative estimate of drug-likeness (QED) is 0.838. The van der Waals surface area contributed by atoms with Crippen LogP contribution in [0.4, 0.5) is 0 Å². The van der Waals surface area contributed by atoms with Crippen LogP contribution in [0.25, 0.3) is 0 Å². The minimum atomic E-state index is -0.889. The Labute approximate surface area is 113 Å². The molecule has 0 spiro atoms. The maximum atomic E-state index is 10.1. The molecular weight excluding hydrogens is 246 g/mol. The van der Waals surface area contributed by atoms with Crippen LogP contribution in [0.2, 0.25) is 0 Å². The molecule has 2 rings (SSSR count). The fourth-order valence-corrected chi connectivity index (χ4v) is 2.20. The maximum absolute atomic E-state index is 10.1. The minimum Gasteiger partial charge on any atom is -0.385 e. The zero-order valence-electron chi connectivity index (χ0n) is 11.2. The fourth-order valence-electron chi connectivity index (χ4n) is 2.20. The lowest BCUT2D eigenvalue weighted by Gasteiger charge is -2.41. The molecule has 0 bridgehead atoms. The van der Waals surface area contributed by atoms with Crippen LogP contribution >= 0.6 is 0 Å². The van der Waals surface area contributed by atoms with Gasteiger partial charge in [0, 0.05) is 7.11 Å². The van der Waals surface area contributed by atoms with Gasteiger partial charge in [-0.05, 0) is 12.5 Å². The molecule has 0 amide bonds. The van der Waals surface area contributed by atoms with E-state index in [-0.39, 0.29) is 12.1 Å². The minimum absolute atomic E-state index is 0.228. The number of hydrogen-bond acceptors (Lipinski definition) is 5. The van der Waals surface area contributed by atoms with E-state index in [0.717, 1.165) is 5.56 Å². The summed E-state index contributed by atoms with van der Waals surface area (Å²) in [7, 11) is 1.49. The first-order valence-electron chi connectivity index (χ1n) is 6.41. The number of rotatable bonds is 4. The highest BCUT2D eigenvalue weighted by molar-refractivity contribution is 5.13. The molecule has 5 nitrogen and oxygen atoms in total. The second-order valence-corrected chi connectivity index (χ2v) is 4.77. The highest BCUT2D eigenvalue weighted by Crippen LogP contribution is 2.23. The summed E-state index contributed by atoms with van der Waals surface area (Å²) in [6, 6.07) is 9.38. The Kier molecular flexibility index (Phi) is 4.90. The first-order valence-corrected chi connectivity index (χ1v) is 6.41. The van der Waals surface area contributed by atoms with Gasteiger partial charge < -0.3 is 25.1 Å². The van der Waals surface area contributed by atoms with E-state index < -0.39 is 18.5 Å². The fraction of sp³-hybridized carbons (Fsp3) is 0.571. The van der Waals surface area contributed by atoms with Gasteiger partial charge in [-0.25, -0.2) is 0 Å². The standard InChI is InChI=1S/C14H21NO4/c1-9-11(15)13(12(16)14(17-2)19-9)18-8-10-6-4-3-5-7-10/h3-7,9,11-14,16H,8,15H2,1-2H3/t9-,11-,12+,13+,14+/m1/s1. The Morgan fingerprint density at radius 2 is 2.00 bits per heavy atom. The molecule has 1 aliphatic rings. The summed E-state index contributed by atoms with van der Waals surface area (Å²) in [4.78, 5) is 0. The summed E-state index contributed by atoms with van der Waals surface area (Å²) in [5, 5.41) is 10.1. The maximum Gasteiger partial charge on any atom is 0.186 e. The van der Waals surface area contributed by atoms with Gasteiger partial charge in [-0.2, -0.15) is 0 Å². The van der Waals surface area contributed by atoms with Crippen molar-refractivity contribution in [1.82, 2.24) is 0 Å². The molecule has 5 heteroatoms. The van der Waals surface area contributed by atoms with Crippen molar-refractivity contribution in [2.24, 2.45) is 5.73 Å². The third kappa shape index (κ3) is 3.32. The lowest BCUT2D eigenvalue weighted by Crippen LogP contribution is -2.61. The summed E-state index contributed by atoms with van der Waals surface area (Å²) in [5.41, 5.74) is 7.07. The molecule has 5 atom stereocenters. The largest absolute Gasteiger partial charge is 0.385 e. The highest BCUT2D eigenvalue weighted by atomic mass is 16.7. The van der Waals surface area contributed by atoms with Gasteiger partial charge in [-0.15, -0.1) is 0 Å². The zero-order valence-corrected chi connectivity index (χ0v) is 11.2. The van der Waals surface area contributed by atoms with Crippen LogP contribution in [-0.2, 0) is 20.8 Å². The van der Waals surface area contributed by atoms with E-state index in [1.54, 1.807) is 0 Å². The number of nitrogens with two attached hydrogens (primary N) is 1. The van der Waals surface area contributed by atoms with Crippen molar-refractivity contribution >= 4 is 0 Å². The molecule has 1 aliphatic heterocycles. The average molecular weight is 267 g/mol. The Bertz CT molecular complexity index is 386. The van der Waals surface area contributed by atoms with E-state index in [9.17, 15) is 5.11 Å². The van der Waals surface area contributed by atoms with Gasteiger partial charge in [-0.3, -0.25) is 0 Å².